The van der Waals surface area contributed by atoms with E-state index in [9.17, 15) is 9.59 Å². The number of carbonyl (C=O) groups excluding carboxylic acids is 2. The van der Waals surface area contributed by atoms with Crippen LogP contribution in [0.4, 0.5) is 0 Å². The monoisotopic (exact) mass is 534 g/mol. The molecule has 1 atom stereocenters. The topological polar surface area (TPSA) is 61.8 Å². The third-order valence-corrected chi connectivity index (χ3v) is 11.2. The van der Waals surface area contributed by atoms with Gasteiger partial charge in [-0.1, -0.05) is 93.6 Å². The van der Waals surface area contributed by atoms with Gasteiger partial charge in [-0.25, -0.2) is 0 Å². The van der Waals surface area contributed by atoms with Crippen LogP contribution in [0.15, 0.2) is 97.8 Å². The highest BCUT2D eigenvalue weighted by atomic mass is 28.4. The minimum atomic E-state index is -2.31. The molecule has 0 spiro atoms. The van der Waals surface area contributed by atoms with E-state index in [4.69, 9.17) is 13.9 Å². The van der Waals surface area contributed by atoms with Gasteiger partial charge >= 0.3 is 11.9 Å². The summed E-state index contributed by atoms with van der Waals surface area (Å²) in [4.78, 5) is 27.0. The minimum Gasteiger partial charge on any atom is -0.546 e. The first kappa shape index (κ1) is 30.8. The van der Waals surface area contributed by atoms with E-state index in [2.05, 4.69) is 47.0 Å². The molecule has 2 aromatic rings. The number of hydrogen-bond donors (Lipinski definition) is 0. The number of benzene rings is 2. The van der Waals surface area contributed by atoms with E-state index in [1.807, 2.05) is 72.8 Å². The van der Waals surface area contributed by atoms with Crippen LogP contribution in [0.25, 0.3) is 0 Å². The van der Waals surface area contributed by atoms with Crippen molar-refractivity contribution in [3.05, 3.63) is 109 Å². The molecule has 0 fully saturated rings. The van der Waals surface area contributed by atoms with Crippen LogP contribution in [0, 0.1) is 11.8 Å². The van der Waals surface area contributed by atoms with Gasteiger partial charge in [0.15, 0.2) is 5.92 Å². The van der Waals surface area contributed by atoms with Crippen LogP contribution in [-0.4, -0.2) is 20.3 Å². The van der Waals surface area contributed by atoms with Crippen molar-refractivity contribution in [2.75, 3.05) is 0 Å². The Bertz CT molecular complexity index is 1030. The summed E-state index contributed by atoms with van der Waals surface area (Å²) in [5.41, 5.74) is 1.65. The summed E-state index contributed by atoms with van der Waals surface area (Å²) in [7, 11) is -2.31. The number of carbonyl (C=O) groups is 2. The Morgan fingerprint density at radius 1 is 0.842 bits per heavy atom. The summed E-state index contributed by atoms with van der Waals surface area (Å²) in [6.45, 7) is 18.6. The molecule has 0 amide bonds. The molecule has 2 aromatic carbocycles. The normalized spacial score (nSPS) is 12.9. The highest BCUT2D eigenvalue weighted by Gasteiger charge is 2.44. The lowest BCUT2D eigenvalue weighted by Gasteiger charge is -2.39. The summed E-state index contributed by atoms with van der Waals surface area (Å²) in [5, 5.41) is -0.0899. The van der Waals surface area contributed by atoms with Crippen molar-refractivity contribution in [3.8, 4) is 0 Å². The summed E-state index contributed by atoms with van der Waals surface area (Å²) < 4.78 is 18.0. The zero-order valence-electron chi connectivity index (χ0n) is 23.4. The molecule has 0 radical (unpaired) electrons. The van der Waals surface area contributed by atoms with Gasteiger partial charge in [-0.05, 0) is 48.2 Å². The smallest absolute Gasteiger partial charge is 0.321 e. The molecule has 0 saturated carbocycles. The Morgan fingerprint density at radius 2 is 1.32 bits per heavy atom. The summed E-state index contributed by atoms with van der Waals surface area (Å²) in [6.07, 6.45) is 6.74. The van der Waals surface area contributed by atoms with E-state index in [1.165, 1.54) is 0 Å². The quantitative estimate of drug-likeness (QED) is 0.0619. The Hall–Kier alpha value is -3.38. The minimum absolute atomic E-state index is 0.0462. The zero-order chi connectivity index (χ0) is 28.2. The molecule has 0 aliphatic rings. The molecule has 0 bridgehead atoms. The van der Waals surface area contributed by atoms with Gasteiger partial charge in [-0.3, -0.25) is 9.59 Å². The van der Waals surface area contributed by atoms with Crippen molar-refractivity contribution >= 4 is 20.3 Å². The Labute approximate surface area is 229 Å². The van der Waals surface area contributed by atoms with Crippen LogP contribution in [0.5, 0.6) is 0 Å². The molecule has 0 aromatic heterocycles. The van der Waals surface area contributed by atoms with E-state index in [0.717, 1.165) is 17.5 Å². The van der Waals surface area contributed by atoms with Gasteiger partial charge in [-0.15, -0.1) is 13.2 Å². The Kier molecular flexibility index (Phi) is 11.8. The fourth-order valence-electron chi connectivity index (χ4n) is 3.48. The van der Waals surface area contributed by atoms with E-state index in [1.54, 1.807) is 6.08 Å². The molecule has 5 nitrogen and oxygen atoms in total. The van der Waals surface area contributed by atoms with Gasteiger partial charge in [0, 0.05) is 0 Å². The summed E-state index contributed by atoms with van der Waals surface area (Å²) >= 11 is 0. The van der Waals surface area contributed by atoms with Crippen LogP contribution in [0.2, 0.25) is 18.1 Å². The Morgan fingerprint density at radius 3 is 1.71 bits per heavy atom. The molecule has 6 heteroatoms. The number of ether oxygens (including phenoxy) is 2. The molecular weight excluding hydrogens is 492 g/mol. The summed E-state index contributed by atoms with van der Waals surface area (Å²) in [6, 6.07) is 18.7. The number of esters is 2. The van der Waals surface area contributed by atoms with Crippen LogP contribution < -0.4 is 0 Å². The first-order chi connectivity index (χ1) is 18.0. The second-order valence-electron chi connectivity index (χ2n) is 10.8. The molecule has 0 aliphatic carbocycles. The van der Waals surface area contributed by atoms with Gasteiger partial charge in [0.2, 0.25) is 8.32 Å². The highest BCUT2D eigenvalue weighted by Crippen LogP contribution is 2.40. The number of hydrogen-bond acceptors (Lipinski definition) is 5. The fourth-order valence-corrected chi connectivity index (χ4v) is 4.59. The molecule has 2 rings (SSSR count). The number of unbranched alkanes of at least 4 members (excludes halogenated alkanes) is 1. The van der Waals surface area contributed by atoms with Gasteiger partial charge in [0.25, 0.3) is 0 Å². The van der Waals surface area contributed by atoms with E-state index in [-0.39, 0.29) is 18.3 Å². The van der Waals surface area contributed by atoms with E-state index in [0.29, 0.717) is 12.2 Å². The second-order valence-corrected chi connectivity index (χ2v) is 15.5. The van der Waals surface area contributed by atoms with Crippen molar-refractivity contribution in [2.45, 2.75) is 65.0 Å². The Balaban J connectivity index is 2.41. The highest BCUT2D eigenvalue weighted by molar-refractivity contribution is 6.74. The average Bonchev–Trinajstić information content (AvgIpc) is 2.89. The van der Waals surface area contributed by atoms with E-state index >= 15 is 0 Å². The first-order valence-electron chi connectivity index (χ1n) is 13.0. The van der Waals surface area contributed by atoms with Crippen molar-refractivity contribution < 1.29 is 23.5 Å². The van der Waals surface area contributed by atoms with E-state index < -0.39 is 32.1 Å². The average molecular weight is 535 g/mol. The zero-order valence-corrected chi connectivity index (χ0v) is 24.4. The van der Waals surface area contributed by atoms with Crippen molar-refractivity contribution in [1.29, 1.82) is 0 Å². The lowest BCUT2D eigenvalue weighted by Crippen LogP contribution is -2.43. The largest absolute Gasteiger partial charge is 0.546 e. The SMILES string of the molecule is C=CCC/C=C(\O[Si](C)(C)C(C)(C)C)[C@@H](C=C)C(C(=O)OCc1ccccc1)C(=O)OCc1ccccc1. The molecule has 0 N–H and O–H groups in total. The molecule has 0 saturated heterocycles. The third kappa shape index (κ3) is 9.17. The lowest BCUT2D eigenvalue weighted by molar-refractivity contribution is -0.165. The van der Waals surface area contributed by atoms with Gasteiger partial charge in [0.05, 0.1) is 11.7 Å². The van der Waals surface area contributed by atoms with Crippen molar-refractivity contribution in [3.63, 3.8) is 0 Å². The maximum absolute atomic E-state index is 13.5. The van der Waals surface area contributed by atoms with Crippen LogP contribution in [0.3, 0.4) is 0 Å². The fraction of sp³-hybridized carbons (Fsp3) is 0.375. The van der Waals surface area contributed by atoms with Crippen molar-refractivity contribution in [1.82, 2.24) is 0 Å². The maximum Gasteiger partial charge on any atom is 0.321 e. The second kappa shape index (κ2) is 14.5. The molecular formula is C32H42O5Si. The van der Waals surface area contributed by atoms with Gasteiger partial charge < -0.3 is 13.9 Å². The first-order valence-corrected chi connectivity index (χ1v) is 15.9. The van der Waals surface area contributed by atoms with Crippen molar-refractivity contribution in [2.24, 2.45) is 11.8 Å². The molecule has 0 heterocycles. The molecule has 204 valence electrons. The molecule has 0 aliphatic heterocycles. The lowest BCUT2D eigenvalue weighted by atomic mass is 9.89. The van der Waals surface area contributed by atoms with Gasteiger partial charge in [0.1, 0.15) is 13.2 Å². The third-order valence-electron chi connectivity index (χ3n) is 6.79. The maximum atomic E-state index is 13.5. The number of allylic oxidation sites excluding steroid dienone is 3. The van der Waals surface area contributed by atoms with Crippen LogP contribution in [0.1, 0.15) is 44.7 Å². The summed E-state index contributed by atoms with van der Waals surface area (Å²) in [5.74, 6) is -2.82. The predicted molar refractivity (Wildman–Crippen MR) is 155 cm³/mol. The number of rotatable bonds is 14. The standard InChI is InChI=1S/C32H42O5Si/c1-8-10-13-22-28(37-38(6,7)32(3,4)5)27(9-2)29(30(33)35-23-25-18-14-11-15-19-25)31(34)36-24-26-20-16-12-17-21-26/h8-9,11-12,14-22,27,29H,1-2,10,13,23-24H2,3-7H3/b28-22-/t27-/m1/s1. The van der Waals surface area contributed by atoms with Crippen LogP contribution in [-0.2, 0) is 36.7 Å². The molecule has 38 heavy (non-hydrogen) atoms. The van der Waals surface area contributed by atoms with Crippen LogP contribution >= 0.6 is 0 Å². The van der Waals surface area contributed by atoms with Gasteiger partial charge in [-0.2, -0.15) is 0 Å². The molecule has 0 unspecified atom stereocenters. The predicted octanol–water partition coefficient (Wildman–Crippen LogP) is 7.76.